The third-order valence-electron chi connectivity index (χ3n) is 4.45. The van der Waals surface area contributed by atoms with Gasteiger partial charge < -0.3 is 11.1 Å². The third kappa shape index (κ3) is 5.39. The van der Waals surface area contributed by atoms with Crippen LogP contribution in [-0.2, 0) is 0 Å². The maximum absolute atomic E-state index is 12.5. The Balaban J connectivity index is 0.00000156. The number of nitrogens with one attached hydrogen (secondary N) is 1. The molecule has 25 heavy (non-hydrogen) atoms. The predicted octanol–water partition coefficient (Wildman–Crippen LogP) is 2.14. The second-order valence-corrected chi connectivity index (χ2v) is 5.96. The van der Waals surface area contributed by atoms with Crippen molar-refractivity contribution < 1.29 is 4.79 Å². The lowest BCUT2D eigenvalue weighted by atomic mass is 9.84. The number of nitrogens with zero attached hydrogens (tertiary/aromatic N) is 4. The molecule has 2 aromatic rings. The van der Waals surface area contributed by atoms with Crippen molar-refractivity contribution in [2.45, 2.75) is 38.1 Å². The van der Waals surface area contributed by atoms with Crippen LogP contribution in [0.1, 0.15) is 42.5 Å². The summed E-state index contributed by atoms with van der Waals surface area (Å²) in [6.07, 6.45) is 10.6. The van der Waals surface area contributed by atoms with Crippen LogP contribution in [0.3, 0.4) is 0 Å². The Labute approximate surface area is 159 Å². The van der Waals surface area contributed by atoms with Crippen molar-refractivity contribution in [3.63, 3.8) is 0 Å². The zero-order chi connectivity index (χ0) is 16.1. The molecule has 7 nitrogen and oxygen atoms in total. The smallest absolute Gasteiger partial charge is 0.251 e. The molecule has 0 radical (unpaired) electrons. The fraction of sp³-hybridized carbons (Fsp3) is 0.500. The summed E-state index contributed by atoms with van der Waals surface area (Å²) in [6, 6.07) is 3.44. The summed E-state index contributed by atoms with van der Waals surface area (Å²) in [5.41, 5.74) is 6.44. The zero-order valence-electron chi connectivity index (χ0n) is 13.9. The molecular weight excluding hydrogens is 363 g/mol. The molecule has 0 aromatic carbocycles. The molecule has 3 N–H and O–H groups in total. The van der Waals surface area contributed by atoms with Crippen molar-refractivity contribution >= 4 is 30.7 Å². The van der Waals surface area contributed by atoms with E-state index in [4.69, 9.17) is 5.73 Å². The zero-order valence-corrected chi connectivity index (χ0v) is 15.5. The van der Waals surface area contributed by atoms with Gasteiger partial charge in [0.15, 0.2) is 5.82 Å². The number of nitrogens with two attached hydrogens (primary N) is 1. The van der Waals surface area contributed by atoms with Crippen LogP contribution in [0.15, 0.2) is 31.0 Å². The van der Waals surface area contributed by atoms with E-state index in [0.717, 1.165) is 12.8 Å². The van der Waals surface area contributed by atoms with E-state index in [2.05, 4.69) is 20.4 Å². The monoisotopic (exact) mass is 386 g/mol. The van der Waals surface area contributed by atoms with E-state index in [1.54, 1.807) is 24.7 Å². The van der Waals surface area contributed by atoms with Gasteiger partial charge in [0.2, 0.25) is 0 Å². The molecule has 1 aliphatic rings. The Hall–Kier alpha value is -1.70. The quantitative estimate of drug-likeness (QED) is 0.819. The maximum atomic E-state index is 12.5. The molecule has 3 rings (SSSR count). The van der Waals surface area contributed by atoms with Gasteiger partial charge in [0.25, 0.3) is 5.91 Å². The number of aromatic nitrogens is 4. The van der Waals surface area contributed by atoms with Gasteiger partial charge in [0.05, 0.1) is 0 Å². The predicted molar refractivity (Wildman–Crippen MR) is 101 cm³/mol. The van der Waals surface area contributed by atoms with Crippen molar-refractivity contribution in [3.05, 3.63) is 36.5 Å². The topological polar surface area (TPSA) is 98.7 Å². The molecule has 138 valence electrons. The number of hydrogen-bond donors (Lipinski definition) is 2. The van der Waals surface area contributed by atoms with E-state index < -0.39 is 0 Å². The average molecular weight is 387 g/mol. The third-order valence-corrected chi connectivity index (χ3v) is 4.45. The van der Waals surface area contributed by atoms with Gasteiger partial charge in [0, 0.05) is 24.3 Å². The Morgan fingerprint density at radius 1 is 1.32 bits per heavy atom. The minimum absolute atomic E-state index is 0. The molecule has 1 saturated carbocycles. The highest BCUT2D eigenvalue weighted by atomic mass is 35.5. The van der Waals surface area contributed by atoms with Gasteiger partial charge in [-0.1, -0.05) is 19.3 Å². The van der Waals surface area contributed by atoms with Crippen molar-refractivity contribution in [3.8, 4) is 5.82 Å². The first-order valence-electron chi connectivity index (χ1n) is 8.10. The van der Waals surface area contributed by atoms with E-state index >= 15 is 0 Å². The Morgan fingerprint density at radius 2 is 2.08 bits per heavy atom. The van der Waals surface area contributed by atoms with Crippen LogP contribution in [0, 0.1) is 5.92 Å². The van der Waals surface area contributed by atoms with Crippen molar-refractivity contribution in [2.75, 3.05) is 6.54 Å². The molecule has 0 aliphatic heterocycles. The lowest BCUT2D eigenvalue weighted by Crippen LogP contribution is -2.45. The summed E-state index contributed by atoms with van der Waals surface area (Å²) in [4.78, 5) is 20.6. The maximum Gasteiger partial charge on any atom is 0.251 e. The second-order valence-electron chi connectivity index (χ2n) is 5.96. The molecule has 9 heteroatoms. The fourth-order valence-electron chi connectivity index (χ4n) is 3.17. The highest BCUT2D eigenvalue weighted by molar-refractivity contribution is 5.94. The van der Waals surface area contributed by atoms with Gasteiger partial charge in [-0.2, -0.15) is 5.10 Å². The average Bonchev–Trinajstić information content (AvgIpc) is 3.15. The number of amides is 1. The molecule has 2 aromatic heterocycles. The Bertz CT molecular complexity index is 646. The van der Waals surface area contributed by atoms with Crippen LogP contribution < -0.4 is 11.1 Å². The van der Waals surface area contributed by atoms with Gasteiger partial charge in [-0.15, -0.1) is 24.8 Å². The van der Waals surface area contributed by atoms with Crippen molar-refractivity contribution in [1.82, 2.24) is 25.1 Å². The standard InChI is InChI=1S/C16H22N6O.2ClH/c17-9-14(12-4-2-1-3-5-12)21-16(23)13-6-7-19-15(8-13)22-11-18-10-20-22;;/h6-8,10-12,14H,1-5,9,17H2,(H,21,23);2*1H. The van der Waals surface area contributed by atoms with E-state index in [9.17, 15) is 4.79 Å². The van der Waals surface area contributed by atoms with Crippen LogP contribution in [0.2, 0.25) is 0 Å². The number of pyridine rings is 1. The number of carbonyl (C=O) groups is 1. The molecule has 1 atom stereocenters. The summed E-state index contributed by atoms with van der Waals surface area (Å²) in [5.74, 6) is 0.932. The van der Waals surface area contributed by atoms with Gasteiger partial charge in [-0.05, 0) is 30.9 Å². The largest absolute Gasteiger partial charge is 0.348 e. The molecule has 0 bridgehead atoms. The highest BCUT2D eigenvalue weighted by Gasteiger charge is 2.24. The van der Waals surface area contributed by atoms with Crippen LogP contribution in [0.4, 0.5) is 0 Å². The minimum atomic E-state index is -0.116. The van der Waals surface area contributed by atoms with Gasteiger partial charge in [-0.3, -0.25) is 4.79 Å². The molecule has 1 aliphatic carbocycles. The van der Waals surface area contributed by atoms with Gasteiger partial charge in [0.1, 0.15) is 12.7 Å². The van der Waals surface area contributed by atoms with Crippen LogP contribution >= 0.6 is 24.8 Å². The highest BCUT2D eigenvalue weighted by Crippen LogP contribution is 2.26. The fourth-order valence-corrected chi connectivity index (χ4v) is 3.17. The molecule has 0 spiro atoms. The van der Waals surface area contributed by atoms with E-state index in [-0.39, 0.29) is 36.8 Å². The first-order valence-corrected chi connectivity index (χ1v) is 8.10. The first-order chi connectivity index (χ1) is 11.3. The van der Waals surface area contributed by atoms with Gasteiger partial charge >= 0.3 is 0 Å². The summed E-state index contributed by atoms with van der Waals surface area (Å²) < 4.78 is 1.53. The lowest BCUT2D eigenvalue weighted by molar-refractivity contribution is 0.0915. The number of carbonyl (C=O) groups excluding carboxylic acids is 1. The SMILES string of the molecule is Cl.Cl.NCC(NC(=O)c1ccnc(-n2cncn2)c1)C1CCCCC1. The van der Waals surface area contributed by atoms with E-state index in [1.807, 2.05) is 0 Å². The number of hydrogen-bond acceptors (Lipinski definition) is 5. The van der Waals surface area contributed by atoms with Crippen LogP contribution in [0.5, 0.6) is 0 Å². The summed E-state index contributed by atoms with van der Waals surface area (Å²) in [5, 5.41) is 7.12. The molecular formula is C16H24Cl2N6O. The lowest BCUT2D eigenvalue weighted by Gasteiger charge is -2.30. The van der Waals surface area contributed by atoms with E-state index in [0.29, 0.717) is 23.8 Å². The second kappa shape index (κ2) is 10.3. The first kappa shape index (κ1) is 21.3. The summed E-state index contributed by atoms with van der Waals surface area (Å²) in [6.45, 7) is 0.470. The number of rotatable bonds is 5. The molecule has 1 fully saturated rings. The molecule has 2 heterocycles. The minimum Gasteiger partial charge on any atom is -0.348 e. The molecule has 1 unspecified atom stereocenters. The van der Waals surface area contributed by atoms with E-state index in [1.165, 1.54) is 30.3 Å². The molecule has 0 saturated heterocycles. The van der Waals surface area contributed by atoms with Crippen LogP contribution in [0.25, 0.3) is 5.82 Å². The normalized spacial score (nSPS) is 15.6. The Kier molecular flexibility index (Phi) is 8.82. The van der Waals surface area contributed by atoms with Gasteiger partial charge in [-0.25, -0.2) is 14.6 Å². The van der Waals surface area contributed by atoms with Crippen LogP contribution in [-0.4, -0.2) is 38.2 Å². The Morgan fingerprint density at radius 3 is 2.72 bits per heavy atom. The summed E-state index contributed by atoms with van der Waals surface area (Å²) >= 11 is 0. The van der Waals surface area contributed by atoms with Crippen molar-refractivity contribution in [1.29, 1.82) is 0 Å². The number of halogens is 2. The molecule has 1 amide bonds. The van der Waals surface area contributed by atoms with Crippen molar-refractivity contribution in [2.24, 2.45) is 11.7 Å². The summed E-state index contributed by atoms with van der Waals surface area (Å²) in [7, 11) is 0.